The van der Waals surface area contributed by atoms with Gasteiger partial charge in [-0.1, -0.05) is 31.9 Å². The fourth-order valence-electron chi connectivity index (χ4n) is 3.63. The van der Waals surface area contributed by atoms with Gasteiger partial charge in [-0.15, -0.1) is 23.1 Å². The molecular weight excluding hydrogens is 533 g/mol. The molecule has 0 saturated carbocycles. The highest BCUT2D eigenvalue weighted by Crippen LogP contribution is 2.36. The Labute approximate surface area is 230 Å². The Bertz CT molecular complexity index is 1180. The van der Waals surface area contributed by atoms with Crippen LogP contribution in [-0.4, -0.2) is 30.7 Å². The molecular formula is C28H33F3N2O3S2. The summed E-state index contributed by atoms with van der Waals surface area (Å²) < 4.78 is 49.4. The lowest BCUT2D eigenvalue weighted by Gasteiger charge is -2.10. The Morgan fingerprint density at radius 1 is 1.11 bits per heavy atom. The molecule has 206 valence electrons. The molecule has 0 saturated heterocycles. The number of benzene rings is 2. The lowest BCUT2D eigenvalue weighted by atomic mass is 10.1. The molecule has 0 spiro atoms. The molecule has 0 fully saturated rings. The summed E-state index contributed by atoms with van der Waals surface area (Å²) in [6, 6.07) is 11.0. The molecule has 0 bridgehead atoms. The summed E-state index contributed by atoms with van der Waals surface area (Å²) in [5, 5.41) is 4.16. The number of hydrogen-bond donors (Lipinski definition) is 1. The molecule has 0 amide bonds. The van der Waals surface area contributed by atoms with Gasteiger partial charge >= 0.3 is 12.1 Å². The molecule has 38 heavy (non-hydrogen) atoms. The molecule has 0 radical (unpaired) electrons. The third kappa shape index (κ3) is 9.03. The van der Waals surface area contributed by atoms with Crippen LogP contribution < -0.4 is 10.1 Å². The van der Waals surface area contributed by atoms with E-state index in [1.807, 2.05) is 25.1 Å². The molecule has 1 heterocycles. The standard InChI is InChI=1S/C28H33F3N2O3S2/c1-4-6-7-14-32-16-23-25(38-27(33-23)20-8-10-21(11-9-20)28(29,30)31)18-37-22-12-13-24(19(3)15-22)36-17-26(34)35-5-2/h8-13,15,32H,4-7,14,16-18H2,1-3H3. The van der Waals surface area contributed by atoms with Gasteiger partial charge in [0.2, 0.25) is 0 Å². The number of carbonyl (C=O) groups excluding carboxylic acids is 1. The van der Waals surface area contributed by atoms with Gasteiger partial charge in [-0.2, -0.15) is 13.2 Å². The second kappa shape index (κ2) is 14.6. The summed E-state index contributed by atoms with van der Waals surface area (Å²) in [6.45, 7) is 7.50. The highest BCUT2D eigenvalue weighted by Gasteiger charge is 2.30. The van der Waals surface area contributed by atoms with Gasteiger partial charge in [-0.25, -0.2) is 9.78 Å². The van der Waals surface area contributed by atoms with E-state index >= 15 is 0 Å². The van der Waals surface area contributed by atoms with Crippen LogP contribution in [0.2, 0.25) is 0 Å². The zero-order valence-electron chi connectivity index (χ0n) is 21.8. The van der Waals surface area contributed by atoms with E-state index in [2.05, 4.69) is 12.2 Å². The smallest absolute Gasteiger partial charge is 0.416 e. The molecule has 0 atom stereocenters. The van der Waals surface area contributed by atoms with E-state index in [4.69, 9.17) is 14.5 Å². The Morgan fingerprint density at radius 2 is 1.87 bits per heavy atom. The van der Waals surface area contributed by atoms with E-state index in [0.29, 0.717) is 35.2 Å². The fraction of sp³-hybridized carbons (Fsp3) is 0.429. The van der Waals surface area contributed by atoms with Crippen molar-refractivity contribution in [3.8, 4) is 16.3 Å². The molecule has 0 unspecified atom stereocenters. The summed E-state index contributed by atoms with van der Waals surface area (Å²) in [5.41, 5.74) is 1.83. The van der Waals surface area contributed by atoms with Crippen LogP contribution in [0.25, 0.3) is 10.6 Å². The highest BCUT2D eigenvalue weighted by molar-refractivity contribution is 7.98. The molecule has 1 N–H and O–H groups in total. The number of esters is 1. The molecule has 3 rings (SSSR count). The number of ether oxygens (including phenoxy) is 2. The Morgan fingerprint density at radius 3 is 2.53 bits per heavy atom. The van der Waals surface area contributed by atoms with Crippen molar-refractivity contribution in [1.29, 1.82) is 0 Å². The van der Waals surface area contributed by atoms with Gasteiger partial charge in [0.15, 0.2) is 6.61 Å². The minimum atomic E-state index is -4.37. The van der Waals surface area contributed by atoms with Gasteiger partial charge in [0.1, 0.15) is 10.8 Å². The number of aryl methyl sites for hydroxylation is 1. The number of nitrogens with zero attached hydrogens (tertiary/aromatic N) is 1. The van der Waals surface area contributed by atoms with Crippen molar-refractivity contribution in [1.82, 2.24) is 10.3 Å². The number of rotatable bonds is 14. The normalized spacial score (nSPS) is 11.5. The lowest BCUT2D eigenvalue weighted by molar-refractivity contribution is -0.145. The lowest BCUT2D eigenvalue weighted by Crippen LogP contribution is -2.15. The number of nitrogens with one attached hydrogen (secondary N) is 1. The maximum absolute atomic E-state index is 13.0. The van der Waals surface area contributed by atoms with Crippen LogP contribution in [0.3, 0.4) is 0 Å². The maximum atomic E-state index is 13.0. The number of thiazole rings is 1. The van der Waals surface area contributed by atoms with Crippen molar-refractivity contribution in [3.63, 3.8) is 0 Å². The Kier molecular flexibility index (Phi) is 11.5. The third-order valence-corrected chi connectivity index (χ3v) is 8.00. The van der Waals surface area contributed by atoms with Crippen molar-refractivity contribution in [2.45, 2.75) is 63.4 Å². The van der Waals surface area contributed by atoms with Crippen LogP contribution >= 0.6 is 23.1 Å². The summed E-state index contributed by atoms with van der Waals surface area (Å²) in [7, 11) is 0. The quantitative estimate of drug-likeness (QED) is 0.123. The summed E-state index contributed by atoms with van der Waals surface area (Å²) in [4.78, 5) is 18.5. The monoisotopic (exact) mass is 566 g/mol. The molecule has 0 aliphatic rings. The minimum absolute atomic E-state index is 0.136. The Hall–Kier alpha value is -2.56. The van der Waals surface area contributed by atoms with E-state index in [-0.39, 0.29) is 6.61 Å². The van der Waals surface area contributed by atoms with Crippen LogP contribution in [0.15, 0.2) is 47.4 Å². The molecule has 0 aliphatic heterocycles. The van der Waals surface area contributed by atoms with E-state index in [0.717, 1.165) is 59.0 Å². The number of hydrogen-bond acceptors (Lipinski definition) is 7. The SMILES string of the molecule is CCCCCNCc1nc(-c2ccc(C(F)(F)F)cc2)sc1CSc1ccc(OCC(=O)OCC)c(C)c1. The minimum Gasteiger partial charge on any atom is -0.482 e. The molecule has 10 heteroatoms. The number of alkyl halides is 3. The molecule has 0 aliphatic carbocycles. The second-order valence-corrected chi connectivity index (χ2v) is 10.8. The number of halogens is 3. The number of carbonyl (C=O) groups is 1. The largest absolute Gasteiger partial charge is 0.482 e. The van der Waals surface area contributed by atoms with Crippen LogP contribution in [-0.2, 0) is 28.0 Å². The van der Waals surface area contributed by atoms with Crippen LogP contribution in [0.1, 0.15) is 54.8 Å². The predicted octanol–water partition coefficient (Wildman–Crippen LogP) is 7.65. The average Bonchev–Trinajstić information content (AvgIpc) is 3.29. The first-order valence-electron chi connectivity index (χ1n) is 12.6. The number of aromatic nitrogens is 1. The summed E-state index contributed by atoms with van der Waals surface area (Å²) in [5.74, 6) is 0.893. The van der Waals surface area contributed by atoms with Gasteiger partial charge in [0.05, 0.1) is 17.9 Å². The van der Waals surface area contributed by atoms with Crippen molar-refractivity contribution >= 4 is 29.1 Å². The van der Waals surface area contributed by atoms with Crippen LogP contribution in [0.4, 0.5) is 13.2 Å². The molecule has 2 aromatic carbocycles. The van der Waals surface area contributed by atoms with Gasteiger partial charge in [-0.3, -0.25) is 0 Å². The van der Waals surface area contributed by atoms with Gasteiger partial charge in [0, 0.05) is 27.6 Å². The first kappa shape index (κ1) is 30.0. The van der Waals surface area contributed by atoms with E-state index < -0.39 is 17.7 Å². The molecule has 1 aromatic heterocycles. The van der Waals surface area contributed by atoms with Crippen molar-refractivity contribution in [3.05, 3.63) is 64.2 Å². The fourth-order valence-corrected chi connectivity index (χ4v) is 5.81. The van der Waals surface area contributed by atoms with E-state index in [1.165, 1.54) is 23.5 Å². The number of thioether (sulfide) groups is 1. The topological polar surface area (TPSA) is 60.5 Å². The zero-order valence-corrected chi connectivity index (χ0v) is 23.5. The first-order valence-corrected chi connectivity index (χ1v) is 14.4. The van der Waals surface area contributed by atoms with Crippen molar-refractivity contribution in [2.24, 2.45) is 0 Å². The number of unbranched alkanes of at least 4 members (excludes halogenated alkanes) is 2. The van der Waals surface area contributed by atoms with Gasteiger partial charge in [-0.05, 0) is 62.7 Å². The Balaban J connectivity index is 1.71. The molecule has 5 nitrogen and oxygen atoms in total. The van der Waals surface area contributed by atoms with Gasteiger partial charge in [0.25, 0.3) is 0 Å². The third-order valence-electron chi connectivity index (χ3n) is 5.65. The van der Waals surface area contributed by atoms with Crippen LogP contribution in [0.5, 0.6) is 5.75 Å². The predicted molar refractivity (Wildman–Crippen MR) is 147 cm³/mol. The summed E-state index contributed by atoms with van der Waals surface area (Å²) >= 11 is 3.16. The van der Waals surface area contributed by atoms with E-state index in [9.17, 15) is 18.0 Å². The zero-order chi connectivity index (χ0) is 27.5. The van der Waals surface area contributed by atoms with Crippen LogP contribution in [0, 0.1) is 6.92 Å². The molecule has 3 aromatic rings. The highest BCUT2D eigenvalue weighted by atomic mass is 32.2. The maximum Gasteiger partial charge on any atom is 0.416 e. The van der Waals surface area contributed by atoms with E-state index in [1.54, 1.807) is 18.7 Å². The first-order chi connectivity index (χ1) is 18.2. The summed E-state index contributed by atoms with van der Waals surface area (Å²) in [6.07, 6.45) is -0.985. The van der Waals surface area contributed by atoms with Crippen molar-refractivity contribution < 1.29 is 27.4 Å². The average molecular weight is 567 g/mol. The van der Waals surface area contributed by atoms with Gasteiger partial charge < -0.3 is 14.8 Å². The van der Waals surface area contributed by atoms with Crippen molar-refractivity contribution in [2.75, 3.05) is 19.8 Å². The second-order valence-electron chi connectivity index (χ2n) is 8.66.